The first kappa shape index (κ1) is 17.5. The molecule has 0 aliphatic carbocycles. The summed E-state index contributed by atoms with van der Waals surface area (Å²) in [6.45, 7) is 1.79. The smallest absolute Gasteiger partial charge is 0.340 e. The van der Waals surface area contributed by atoms with Crippen LogP contribution in [0.1, 0.15) is 26.4 Å². The van der Waals surface area contributed by atoms with Crippen LogP contribution in [0.4, 0.5) is 0 Å². The highest BCUT2D eigenvalue weighted by molar-refractivity contribution is 6.09. The van der Waals surface area contributed by atoms with Crippen molar-refractivity contribution in [3.05, 3.63) is 77.5 Å². The van der Waals surface area contributed by atoms with Crippen LogP contribution in [0.15, 0.2) is 60.7 Å². The van der Waals surface area contributed by atoms with Gasteiger partial charge >= 0.3 is 11.9 Å². The first-order chi connectivity index (χ1) is 12.6. The van der Waals surface area contributed by atoms with Gasteiger partial charge in [0.25, 0.3) is 0 Å². The molecule has 0 saturated heterocycles. The molecule has 0 N–H and O–H groups in total. The van der Waals surface area contributed by atoms with Gasteiger partial charge < -0.3 is 14.0 Å². The van der Waals surface area contributed by atoms with Crippen molar-refractivity contribution in [1.29, 1.82) is 0 Å². The predicted octanol–water partition coefficient (Wildman–Crippen LogP) is 4.03. The molecule has 5 nitrogen and oxygen atoms in total. The molecule has 1 aromatic heterocycles. The maximum absolute atomic E-state index is 12.6. The molecule has 0 aliphatic rings. The van der Waals surface area contributed by atoms with Gasteiger partial charge in [-0.1, -0.05) is 48.5 Å². The topological polar surface area (TPSA) is 57.5 Å². The predicted molar refractivity (Wildman–Crippen MR) is 98.6 cm³/mol. The van der Waals surface area contributed by atoms with Crippen LogP contribution in [0, 0.1) is 6.92 Å². The molecule has 2 aromatic carbocycles. The Morgan fingerprint density at radius 3 is 1.81 bits per heavy atom. The number of benzene rings is 2. The van der Waals surface area contributed by atoms with Gasteiger partial charge in [-0.2, -0.15) is 0 Å². The molecule has 0 bridgehead atoms. The van der Waals surface area contributed by atoms with Gasteiger partial charge in [-0.15, -0.1) is 0 Å². The van der Waals surface area contributed by atoms with Crippen LogP contribution >= 0.6 is 0 Å². The summed E-state index contributed by atoms with van der Waals surface area (Å²) in [6, 6.07) is 19.0. The van der Waals surface area contributed by atoms with Crippen molar-refractivity contribution >= 4 is 11.9 Å². The number of hydrogen-bond acceptors (Lipinski definition) is 4. The number of para-hydroxylation sites is 1. The van der Waals surface area contributed by atoms with Crippen molar-refractivity contribution in [3.63, 3.8) is 0 Å². The standard InChI is InChI=1S/C21H19NO4/c1-14-17(20(23)25-2)18(21(24)26-3)19(15-10-6-4-7-11-15)22(14)16-12-8-5-9-13-16/h4-13H,1-3H3. The number of nitrogens with zero attached hydrogens (tertiary/aromatic N) is 1. The van der Waals surface area contributed by atoms with Crippen molar-refractivity contribution in [2.45, 2.75) is 6.92 Å². The van der Waals surface area contributed by atoms with Gasteiger partial charge in [0.1, 0.15) is 5.56 Å². The average molecular weight is 349 g/mol. The summed E-state index contributed by atoms with van der Waals surface area (Å²) in [5, 5.41) is 0. The zero-order valence-electron chi connectivity index (χ0n) is 14.9. The fraction of sp³-hybridized carbons (Fsp3) is 0.143. The van der Waals surface area contributed by atoms with E-state index in [0.29, 0.717) is 11.4 Å². The first-order valence-corrected chi connectivity index (χ1v) is 8.13. The number of hydrogen-bond donors (Lipinski definition) is 0. The van der Waals surface area contributed by atoms with Gasteiger partial charge in [-0.3, -0.25) is 0 Å². The fourth-order valence-electron chi connectivity index (χ4n) is 3.11. The number of ether oxygens (including phenoxy) is 2. The van der Waals surface area contributed by atoms with E-state index in [1.807, 2.05) is 65.2 Å². The molecule has 3 rings (SSSR count). The third-order valence-corrected chi connectivity index (χ3v) is 4.25. The molecule has 0 saturated carbocycles. The molecule has 0 fully saturated rings. The lowest BCUT2D eigenvalue weighted by Gasteiger charge is -2.13. The van der Waals surface area contributed by atoms with Gasteiger partial charge in [0.15, 0.2) is 0 Å². The van der Waals surface area contributed by atoms with Crippen LogP contribution in [0.25, 0.3) is 16.9 Å². The maximum atomic E-state index is 12.6. The highest BCUT2D eigenvalue weighted by atomic mass is 16.5. The molecule has 0 radical (unpaired) electrons. The van der Waals surface area contributed by atoms with Crippen LogP contribution in [0.5, 0.6) is 0 Å². The minimum absolute atomic E-state index is 0.201. The lowest BCUT2D eigenvalue weighted by atomic mass is 10.0. The third kappa shape index (κ3) is 2.88. The van der Waals surface area contributed by atoms with Gasteiger partial charge in [0.2, 0.25) is 0 Å². The number of rotatable bonds is 4. The zero-order chi connectivity index (χ0) is 18.7. The van der Waals surface area contributed by atoms with E-state index in [0.717, 1.165) is 11.3 Å². The number of esters is 2. The molecule has 5 heteroatoms. The molecular weight excluding hydrogens is 330 g/mol. The van der Waals surface area contributed by atoms with E-state index in [2.05, 4.69) is 0 Å². The van der Waals surface area contributed by atoms with Gasteiger partial charge in [-0.05, 0) is 24.6 Å². The van der Waals surface area contributed by atoms with Crippen molar-refractivity contribution in [3.8, 4) is 16.9 Å². The Hall–Kier alpha value is -3.34. The monoisotopic (exact) mass is 349 g/mol. The van der Waals surface area contributed by atoms with Crippen LogP contribution < -0.4 is 0 Å². The number of aromatic nitrogens is 1. The van der Waals surface area contributed by atoms with Crippen molar-refractivity contribution in [2.24, 2.45) is 0 Å². The summed E-state index contributed by atoms with van der Waals surface area (Å²) >= 11 is 0. The Balaban J connectivity index is 2.45. The normalized spacial score (nSPS) is 10.4. The summed E-state index contributed by atoms with van der Waals surface area (Å²) in [7, 11) is 2.60. The van der Waals surface area contributed by atoms with Gasteiger partial charge in [0.05, 0.1) is 25.5 Å². The molecule has 0 atom stereocenters. The average Bonchev–Trinajstić information content (AvgIpc) is 3.01. The van der Waals surface area contributed by atoms with Crippen LogP contribution in [0.3, 0.4) is 0 Å². The van der Waals surface area contributed by atoms with Crippen LogP contribution in [-0.2, 0) is 9.47 Å². The molecule has 0 unspecified atom stereocenters. The van der Waals surface area contributed by atoms with E-state index in [1.54, 1.807) is 6.92 Å². The molecule has 0 spiro atoms. The van der Waals surface area contributed by atoms with E-state index in [-0.39, 0.29) is 11.1 Å². The molecular formula is C21H19NO4. The molecule has 0 amide bonds. The Morgan fingerprint density at radius 2 is 1.27 bits per heavy atom. The second-order valence-corrected chi connectivity index (χ2v) is 5.70. The van der Waals surface area contributed by atoms with E-state index in [9.17, 15) is 9.59 Å². The minimum atomic E-state index is -0.581. The lowest BCUT2D eigenvalue weighted by Crippen LogP contribution is -2.11. The van der Waals surface area contributed by atoms with Crippen molar-refractivity contribution in [2.75, 3.05) is 14.2 Å². The second-order valence-electron chi connectivity index (χ2n) is 5.70. The van der Waals surface area contributed by atoms with Gasteiger partial charge in [0, 0.05) is 11.4 Å². The molecule has 1 heterocycles. The Labute approximate surface area is 151 Å². The Kier molecular flexibility index (Phi) is 4.89. The quantitative estimate of drug-likeness (QED) is 0.668. The van der Waals surface area contributed by atoms with E-state index in [4.69, 9.17) is 9.47 Å². The molecule has 132 valence electrons. The van der Waals surface area contributed by atoms with Gasteiger partial charge in [-0.25, -0.2) is 9.59 Å². The fourth-order valence-corrected chi connectivity index (χ4v) is 3.11. The highest BCUT2D eigenvalue weighted by Crippen LogP contribution is 2.35. The zero-order valence-corrected chi connectivity index (χ0v) is 14.9. The maximum Gasteiger partial charge on any atom is 0.340 e. The SMILES string of the molecule is COC(=O)c1c(C(=O)OC)c(-c2ccccc2)n(-c2ccccc2)c1C. The molecule has 0 aliphatic heterocycles. The van der Waals surface area contributed by atoms with Crippen LogP contribution in [0.2, 0.25) is 0 Å². The molecule has 3 aromatic rings. The van der Waals surface area contributed by atoms with E-state index >= 15 is 0 Å². The molecule has 26 heavy (non-hydrogen) atoms. The third-order valence-electron chi connectivity index (χ3n) is 4.25. The number of carbonyl (C=O) groups is 2. The lowest BCUT2D eigenvalue weighted by molar-refractivity contribution is 0.0556. The summed E-state index contributed by atoms with van der Waals surface area (Å²) < 4.78 is 11.8. The summed E-state index contributed by atoms with van der Waals surface area (Å²) in [6.07, 6.45) is 0. The second kappa shape index (κ2) is 7.27. The summed E-state index contributed by atoms with van der Waals surface area (Å²) in [5.74, 6) is -1.16. The Morgan fingerprint density at radius 1 is 0.769 bits per heavy atom. The summed E-state index contributed by atoms with van der Waals surface area (Å²) in [5.41, 5.74) is 3.26. The van der Waals surface area contributed by atoms with Crippen molar-refractivity contribution in [1.82, 2.24) is 4.57 Å². The highest BCUT2D eigenvalue weighted by Gasteiger charge is 2.31. The minimum Gasteiger partial charge on any atom is -0.465 e. The number of methoxy groups -OCH3 is 2. The summed E-state index contributed by atoms with van der Waals surface area (Å²) in [4.78, 5) is 25.1. The van der Waals surface area contributed by atoms with Crippen LogP contribution in [-0.4, -0.2) is 30.7 Å². The first-order valence-electron chi connectivity index (χ1n) is 8.13. The van der Waals surface area contributed by atoms with E-state index in [1.165, 1.54) is 14.2 Å². The van der Waals surface area contributed by atoms with E-state index < -0.39 is 11.9 Å². The Bertz CT molecular complexity index is 943. The number of carbonyl (C=O) groups excluding carboxylic acids is 2. The van der Waals surface area contributed by atoms with Crippen molar-refractivity contribution < 1.29 is 19.1 Å². The largest absolute Gasteiger partial charge is 0.465 e.